The average molecular weight is 415 g/mol. The number of aliphatic hydroxyl groups is 2. The highest BCUT2D eigenvalue weighted by atomic mass is 16.5. The summed E-state index contributed by atoms with van der Waals surface area (Å²) in [6, 6.07) is 0.293. The van der Waals surface area contributed by atoms with Gasteiger partial charge in [-0.05, 0) is 70.6 Å². The van der Waals surface area contributed by atoms with Crippen LogP contribution >= 0.6 is 0 Å². The van der Waals surface area contributed by atoms with Crippen molar-refractivity contribution in [3.63, 3.8) is 0 Å². The van der Waals surface area contributed by atoms with Crippen LogP contribution in [0.1, 0.15) is 83.1 Å². The molecular formula is C23H34N4O3. The van der Waals surface area contributed by atoms with Crippen LogP contribution in [0.3, 0.4) is 0 Å². The minimum atomic E-state index is -0.212. The lowest BCUT2D eigenvalue weighted by molar-refractivity contribution is 0.0651. The second-order valence-corrected chi connectivity index (χ2v) is 8.98. The fraction of sp³-hybridized carbons (Fsp3) is 0.696. The van der Waals surface area contributed by atoms with Crippen molar-refractivity contribution in [2.45, 2.75) is 102 Å². The van der Waals surface area contributed by atoms with E-state index in [0.29, 0.717) is 23.8 Å². The maximum atomic E-state index is 9.91. The van der Waals surface area contributed by atoms with E-state index in [4.69, 9.17) is 9.72 Å². The van der Waals surface area contributed by atoms with Crippen LogP contribution in [0.25, 0.3) is 10.9 Å². The molecule has 0 unspecified atom stereocenters. The number of nitrogens with one attached hydrogen (secondary N) is 1. The molecule has 0 bridgehead atoms. The third-order valence-electron chi connectivity index (χ3n) is 6.66. The molecule has 0 radical (unpaired) electrons. The Labute approximate surface area is 178 Å². The van der Waals surface area contributed by atoms with Crippen molar-refractivity contribution in [3.05, 3.63) is 18.0 Å². The van der Waals surface area contributed by atoms with E-state index in [1.54, 1.807) is 0 Å². The van der Waals surface area contributed by atoms with Gasteiger partial charge in [-0.25, -0.2) is 15.0 Å². The van der Waals surface area contributed by atoms with Crippen LogP contribution in [0.2, 0.25) is 0 Å². The molecule has 2 aliphatic rings. The molecule has 7 nitrogen and oxygen atoms in total. The van der Waals surface area contributed by atoms with E-state index in [1.807, 2.05) is 12.4 Å². The molecule has 2 heterocycles. The number of aromatic nitrogens is 3. The molecule has 2 aromatic heterocycles. The van der Waals surface area contributed by atoms with E-state index in [1.165, 1.54) is 0 Å². The average Bonchev–Trinajstić information content (AvgIpc) is 2.76. The largest absolute Gasteiger partial charge is 0.474 e. The number of hydrogen-bond donors (Lipinski definition) is 3. The molecule has 3 N–H and O–H groups in total. The summed E-state index contributed by atoms with van der Waals surface area (Å²) in [5.41, 5.74) is 2.02. The second kappa shape index (κ2) is 9.43. The van der Waals surface area contributed by atoms with Gasteiger partial charge in [0.25, 0.3) is 0 Å². The summed E-state index contributed by atoms with van der Waals surface area (Å²) >= 11 is 0. The maximum absolute atomic E-state index is 9.91. The topological polar surface area (TPSA) is 100 Å². The lowest BCUT2D eigenvalue weighted by atomic mass is 9.83. The summed E-state index contributed by atoms with van der Waals surface area (Å²) in [6.45, 7) is 4.25. The molecule has 0 aliphatic heterocycles. The Hall–Kier alpha value is -1.99. The fourth-order valence-electron chi connectivity index (χ4n) is 4.51. The van der Waals surface area contributed by atoms with Crippen LogP contribution in [0.15, 0.2) is 12.4 Å². The summed E-state index contributed by atoms with van der Waals surface area (Å²) in [5, 5.41) is 23.9. The van der Waals surface area contributed by atoms with Crippen LogP contribution in [0, 0.1) is 0 Å². The quantitative estimate of drug-likeness (QED) is 0.658. The van der Waals surface area contributed by atoms with E-state index in [0.717, 1.165) is 74.3 Å². The van der Waals surface area contributed by atoms with Gasteiger partial charge < -0.3 is 20.3 Å². The minimum absolute atomic E-state index is 0.0673. The molecule has 0 spiro atoms. The van der Waals surface area contributed by atoms with Crippen molar-refractivity contribution < 1.29 is 14.9 Å². The van der Waals surface area contributed by atoms with E-state index in [2.05, 4.69) is 29.1 Å². The van der Waals surface area contributed by atoms with Gasteiger partial charge in [-0.1, -0.05) is 6.92 Å². The molecule has 0 aromatic carbocycles. The molecule has 0 saturated heterocycles. The lowest BCUT2D eigenvalue weighted by Crippen LogP contribution is -2.27. The zero-order valence-electron chi connectivity index (χ0n) is 18.0. The molecule has 164 valence electrons. The Bertz CT molecular complexity index is 846. The Balaban J connectivity index is 1.66. The normalized spacial score (nSPS) is 28.3. The van der Waals surface area contributed by atoms with Crippen LogP contribution in [-0.2, 0) is 0 Å². The number of ether oxygens (including phenoxy) is 1. The summed E-state index contributed by atoms with van der Waals surface area (Å²) in [7, 11) is 0. The van der Waals surface area contributed by atoms with Gasteiger partial charge in [-0.3, -0.25) is 0 Å². The molecule has 2 saturated carbocycles. The molecule has 2 fully saturated rings. The highest BCUT2D eigenvalue weighted by Crippen LogP contribution is 2.38. The van der Waals surface area contributed by atoms with Crippen LogP contribution < -0.4 is 10.1 Å². The van der Waals surface area contributed by atoms with Gasteiger partial charge in [0.05, 0.1) is 23.1 Å². The highest BCUT2D eigenvalue weighted by Gasteiger charge is 2.26. The van der Waals surface area contributed by atoms with Gasteiger partial charge >= 0.3 is 0 Å². The Morgan fingerprint density at radius 1 is 1.00 bits per heavy atom. The monoisotopic (exact) mass is 414 g/mol. The standard InChI is InChI=1S/C23H34N4O3/c1-3-14(2)26-23-25-13-20-21(27-23)19(15-4-6-16(28)7-5-15)12-24-22(20)30-18-10-8-17(29)9-11-18/h12-18,28-29H,3-11H2,1-2H3,(H,25,26,27)/t14-,15-,16-,17-,18-/m0/s1. The predicted molar refractivity (Wildman–Crippen MR) is 117 cm³/mol. The fourth-order valence-corrected chi connectivity index (χ4v) is 4.51. The first-order chi connectivity index (χ1) is 14.5. The molecule has 0 amide bonds. The number of nitrogens with zero attached hydrogens (tertiary/aromatic N) is 3. The molecule has 2 aliphatic carbocycles. The maximum Gasteiger partial charge on any atom is 0.224 e. The number of hydrogen-bond acceptors (Lipinski definition) is 7. The van der Waals surface area contributed by atoms with Crippen molar-refractivity contribution in [3.8, 4) is 5.88 Å². The van der Waals surface area contributed by atoms with Crippen molar-refractivity contribution in [1.82, 2.24) is 15.0 Å². The molecule has 30 heavy (non-hydrogen) atoms. The third kappa shape index (κ3) is 4.83. The van der Waals surface area contributed by atoms with Crippen molar-refractivity contribution in [2.75, 3.05) is 5.32 Å². The molecule has 4 rings (SSSR count). The smallest absolute Gasteiger partial charge is 0.224 e. The Morgan fingerprint density at radius 3 is 2.33 bits per heavy atom. The molecule has 7 heteroatoms. The first-order valence-corrected chi connectivity index (χ1v) is 11.5. The van der Waals surface area contributed by atoms with E-state index < -0.39 is 0 Å². The van der Waals surface area contributed by atoms with Gasteiger partial charge in [-0.2, -0.15) is 0 Å². The van der Waals surface area contributed by atoms with Gasteiger partial charge in [0, 0.05) is 24.0 Å². The van der Waals surface area contributed by atoms with Gasteiger partial charge in [0.1, 0.15) is 6.10 Å². The molecule has 2 aromatic rings. The zero-order valence-corrected chi connectivity index (χ0v) is 18.0. The van der Waals surface area contributed by atoms with Gasteiger partial charge in [0.15, 0.2) is 0 Å². The summed E-state index contributed by atoms with van der Waals surface area (Å²) in [4.78, 5) is 14.1. The number of anilines is 1. The van der Waals surface area contributed by atoms with Crippen LogP contribution in [-0.4, -0.2) is 49.5 Å². The van der Waals surface area contributed by atoms with Crippen molar-refractivity contribution >= 4 is 16.9 Å². The zero-order chi connectivity index (χ0) is 21.1. The lowest BCUT2D eigenvalue weighted by Gasteiger charge is -2.28. The molecular weight excluding hydrogens is 380 g/mol. The third-order valence-corrected chi connectivity index (χ3v) is 6.66. The minimum Gasteiger partial charge on any atom is -0.474 e. The van der Waals surface area contributed by atoms with Gasteiger partial charge in [-0.15, -0.1) is 0 Å². The van der Waals surface area contributed by atoms with Crippen LogP contribution in [0.4, 0.5) is 5.95 Å². The van der Waals surface area contributed by atoms with E-state index in [9.17, 15) is 10.2 Å². The van der Waals surface area contributed by atoms with Crippen molar-refractivity contribution in [1.29, 1.82) is 0 Å². The second-order valence-electron chi connectivity index (χ2n) is 8.98. The molecule has 1 atom stereocenters. The highest BCUT2D eigenvalue weighted by molar-refractivity contribution is 5.86. The van der Waals surface area contributed by atoms with E-state index >= 15 is 0 Å². The van der Waals surface area contributed by atoms with Crippen LogP contribution in [0.5, 0.6) is 5.88 Å². The summed E-state index contributed by atoms with van der Waals surface area (Å²) < 4.78 is 6.26. The number of aliphatic hydroxyl groups excluding tert-OH is 2. The van der Waals surface area contributed by atoms with E-state index in [-0.39, 0.29) is 18.3 Å². The number of pyridine rings is 1. The SMILES string of the molecule is CC[C@H](C)Nc1ncc2c(O[C@H]3CC[C@H](O)CC3)ncc([C@H]3CC[C@H](O)CC3)c2n1. The van der Waals surface area contributed by atoms with Gasteiger partial charge in [0.2, 0.25) is 11.8 Å². The number of fused-ring (bicyclic) bond motifs is 1. The predicted octanol–water partition coefficient (Wildman–Crippen LogP) is 3.94. The first-order valence-electron chi connectivity index (χ1n) is 11.5. The Kier molecular flexibility index (Phi) is 6.68. The Morgan fingerprint density at radius 2 is 1.67 bits per heavy atom. The van der Waals surface area contributed by atoms with Crippen molar-refractivity contribution in [2.24, 2.45) is 0 Å². The first kappa shape index (κ1) is 21.2. The number of rotatable bonds is 6. The summed E-state index contributed by atoms with van der Waals surface area (Å²) in [6.07, 6.45) is 11.1. The summed E-state index contributed by atoms with van der Waals surface area (Å²) in [5.74, 6) is 1.56.